The van der Waals surface area contributed by atoms with Gasteiger partial charge in [0.25, 0.3) is 5.88 Å². The third-order valence-corrected chi connectivity index (χ3v) is 2.65. The molecule has 17 heavy (non-hydrogen) atoms. The van der Waals surface area contributed by atoms with Gasteiger partial charge in [0.15, 0.2) is 5.78 Å². The van der Waals surface area contributed by atoms with Gasteiger partial charge in [-0.1, -0.05) is 0 Å². The van der Waals surface area contributed by atoms with Gasteiger partial charge in [0.1, 0.15) is 5.69 Å². The number of rotatable bonds is 3. The van der Waals surface area contributed by atoms with Gasteiger partial charge in [-0.15, -0.1) is 5.10 Å². The van der Waals surface area contributed by atoms with Crippen LogP contribution in [0.15, 0.2) is 6.07 Å². The van der Waals surface area contributed by atoms with Crippen molar-refractivity contribution in [1.29, 1.82) is 0 Å². The third-order valence-electron chi connectivity index (χ3n) is 1.70. The Kier molecular flexibility index (Phi) is 3.19. The molecule has 1 aromatic rings. The van der Waals surface area contributed by atoms with Gasteiger partial charge < -0.3 is 4.18 Å². The maximum Gasteiger partial charge on any atom is 0.534 e. The van der Waals surface area contributed by atoms with E-state index in [1.807, 2.05) is 0 Å². The van der Waals surface area contributed by atoms with Crippen LogP contribution in [0.4, 0.5) is 13.2 Å². The molecule has 6 nitrogen and oxygen atoms in total. The first-order valence-corrected chi connectivity index (χ1v) is 5.51. The molecule has 1 heterocycles. The Morgan fingerprint density at radius 2 is 2.00 bits per heavy atom. The van der Waals surface area contributed by atoms with Crippen LogP contribution in [0.25, 0.3) is 0 Å². The van der Waals surface area contributed by atoms with Gasteiger partial charge in [-0.25, -0.2) is 0 Å². The maximum atomic E-state index is 12.0. The summed E-state index contributed by atoms with van der Waals surface area (Å²) in [6.45, 7) is 1.15. The van der Waals surface area contributed by atoms with Crippen LogP contribution in [0.1, 0.15) is 17.4 Å². The van der Waals surface area contributed by atoms with Crippen molar-refractivity contribution in [3.8, 4) is 5.88 Å². The van der Waals surface area contributed by atoms with Crippen molar-refractivity contribution in [2.24, 2.45) is 7.05 Å². The number of carbonyl (C=O) groups is 1. The van der Waals surface area contributed by atoms with Crippen molar-refractivity contribution in [2.75, 3.05) is 0 Å². The molecular formula is C7H7F3N2O4S. The average molecular weight is 272 g/mol. The van der Waals surface area contributed by atoms with Crippen LogP contribution in [0.3, 0.4) is 0 Å². The monoisotopic (exact) mass is 272 g/mol. The first-order valence-electron chi connectivity index (χ1n) is 4.10. The lowest BCUT2D eigenvalue weighted by atomic mass is 10.3. The summed E-state index contributed by atoms with van der Waals surface area (Å²) >= 11 is 0. The van der Waals surface area contributed by atoms with E-state index in [2.05, 4.69) is 9.28 Å². The zero-order chi connectivity index (χ0) is 13.4. The Hall–Kier alpha value is -1.58. The maximum absolute atomic E-state index is 12.0. The van der Waals surface area contributed by atoms with Crippen LogP contribution in [-0.4, -0.2) is 29.5 Å². The highest BCUT2D eigenvalue weighted by Crippen LogP contribution is 2.26. The number of aryl methyl sites for hydroxylation is 1. The SMILES string of the molecule is CC(=O)c1cc(OS(=O)(=O)C(F)(F)F)nn1C. The summed E-state index contributed by atoms with van der Waals surface area (Å²) in [7, 11) is -4.50. The summed E-state index contributed by atoms with van der Waals surface area (Å²) in [5.74, 6) is -1.30. The molecule has 0 aliphatic rings. The van der Waals surface area contributed by atoms with Gasteiger partial charge in [-0.3, -0.25) is 9.48 Å². The number of hydrogen-bond donors (Lipinski definition) is 0. The molecule has 96 valence electrons. The fourth-order valence-electron chi connectivity index (χ4n) is 0.971. The number of carbonyl (C=O) groups excluding carboxylic acids is 1. The molecule has 0 aliphatic heterocycles. The summed E-state index contributed by atoms with van der Waals surface area (Å²) in [5.41, 5.74) is -5.61. The zero-order valence-corrected chi connectivity index (χ0v) is 9.46. The molecule has 0 saturated carbocycles. The molecule has 0 unspecified atom stereocenters. The summed E-state index contributed by atoms with van der Waals surface area (Å²) in [6, 6.07) is 0.811. The molecule has 1 aromatic heterocycles. The van der Waals surface area contributed by atoms with Crippen molar-refractivity contribution >= 4 is 15.9 Å². The number of nitrogens with zero attached hydrogens (tertiary/aromatic N) is 2. The van der Waals surface area contributed by atoms with Crippen molar-refractivity contribution in [3.63, 3.8) is 0 Å². The molecule has 0 saturated heterocycles. The third kappa shape index (κ3) is 2.75. The van der Waals surface area contributed by atoms with Gasteiger partial charge in [0.05, 0.1) is 0 Å². The van der Waals surface area contributed by atoms with Crippen molar-refractivity contribution in [2.45, 2.75) is 12.4 Å². The summed E-state index contributed by atoms with van der Waals surface area (Å²) < 4.78 is 61.8. The van der Waals surface area contributed by atoms with E-state index in [0.29, 0.717) is 0 Å². The first-order chi connectivity index (χ1) is 7.54. The molecule has 0 spiro atoms. The molecule has 1 rings (SSSR count). The smallest absolute Gasteiger partial charge is 0.354 e. The van der Waals surface area contributed by atoms with Gasteiger partial charge in [-0.2, -0.15) is 21.6 Å². The predicted octanol–water partition coefficient (Wildman–Crippen LogP) is 0.851. The Balaban J connectivity index is 3.06. The van der Waals surface area contributed by atoms with E-state index in [9.17, 15) is 26.4 Å². The van der Waals surface area contributed by atoms with Crippen LogP contribution < -0.4 is 4.18 Å². The summed E-state index contributed by atoms with van der Waals surface area (Å²) in [5, 5.41) is 3.33. The van der Waals surface area contributed by atoms with E-state index in [-0.39, 0.29) is 5.69 Å². The molecular weight excluding hydrogens is 265 g/mol. The van der Waals surface area contributed by atoms with Crippen LogP contribution >= 0.6 is 0 Å². The van der Waals surface area contributed by atoms with E-state index < -0.39 is 27.3 Å². The van der Waals surface area contributed by atoms with Gasteiger partial charge in [0, 0.05) is 20.0 Å². The molecule has 0 amide bonds. The van der Waals surface area contributed by atoms with E-state index in [1.165, 1.54) is 7.05 Å². The topological polar surface area (TPSA) is 78.3 Å². The van der Waals surface area contributed by atoms with Crippen LogP contribution in [0, 0.1) is 0 Å². The largest absolute Gasteiger partial charge is 0.534 e. The number of halogens is 3. The van der Waals surface area contributed by atoms with E-state index in [1.54, 1.807) is 0 Å². The van der Waals surface area contributed by atoms with Crippen molar-refractivity contribution in [3.05, 3.63) is 11.8 Å². The number of aromatic nitrogens is 2. The predicted molar refractivity (Wildman–Crippen MR) is 48.8 cm³/mol. The Morgan fingerprint density at radius 1 is 1.47 bits per heavy atom. The fraction of sp³-hybridized carbons (Fsp3) is 0.429. The molecule has 0 bridgehead atoms. The lowest BCUT2D eigenvalue weighted by Crippen LogP contribution is -2.28. The second kappa shape index (κ2) is 4.02. The highest BCUT2D eigenvalue weighted by molar-refractivity contribution is 7.87. The van der Waals surface area contributed by atoms with Crippen molar-refractivity contribution in [1.82, 2.24) is 9.78 Å². The molecule has 0 fully saturated rings. The minimum absolute atomic E-state index is 0.0719. The minimum Gasteiger partial charge on any atom is -0.354 e. The fourth-order valence-corrected chi connectivity index (χ4v) is 1.37. The normalized spacial score (nSPS) is 12.5. The first kappa shape index (κ1) is 13.5. The average Bonchev–Trinajstić information content (AvgIpc) is 2.43. The highest BCUT2D eigenvalue weighted by Gasteiger charge is 2.49. The van der Waals surface area contributed by atoms with E-state index >= 15 is 0 Å². The lowest BCUT2D eigenvalue weighted by Gasteiger charge is -2.06. The van der Waals surface area contributed by atoms with Gasteiger partial charge in [-0.05, 0) is 0 Å². The number of Topliss-reactive ketones (excluding diaryl/α,β-unsaturated/α-hetero) is 1. The Bertz CT molecular complexity index is 546. The second-order valence-corrected chi connectivity index (χ2v) is 4.57. The lowest BCUT2D eigenvalue weighted by molar-refractivity contribution is -0.0501. The number of ketones is 1. The van der Waals surface area contributed by atoms with Gasteiger partial charge in [0.2, 0.25) is 0 Å². The van der Waals surface area contributed by atoms with Crippen molar-refractivity contribution < 1.29 is 30.6 Å². The molecule has 0 atom stereocenters. The van der Waals surface area contributed by atoms with Crippen LogP contribution in [0.2, 0.25) is 0 Å². The zero-order valence-electron chi connectivity index (χ0n) is 8.65. The Labute approximate surface area is 94.1 Å². The molecule has 10 heteroatoms. The van der Waals surface area contributed by atoms with Crippen LogP contribution in [0.5, 0.6) is 5.88 Å². The van der Waals surface area contributed by atoms with Gasteiger partial charge >= 0.3 is 15.6 Å². The summed E-state index contributed by atoms with van der Waals surface area (Å²) in [4.78, 5) is 11.0. The molecule has 0 radical (unpaired) electrons. The second-order valence-electron chi connectivity index (χ2n) is 3.03. The molecule has 0 aromatic carbocycles. The Morgan fingerprint density at radius 3 is 2.35 bits per heavy atom. The van der Waals surface area contributed by atoms with E-state index in [0.717, 1.165) is 17.7 Å². The summed E-state index contributed by atoms with van der Waals surface area (Å²) in [6.07, 6.45) is 0. The highest BCUT2D eigenvalue weighted by atomic mass is 32.2. The molecule has 0 N–H and O–H groups in total. The standard InChI is InChI=1S/C7H7F3N2O4S/c1-4(13)5-3-6(11-12(5)2)16-17(14,15)7(8,9)10/h3H,1-2H3. The molecule has 0 aliphatic carbocycles. The number of alkyl halides is 3. The van der Waals surface area contributed by atoms with Crippen LogP contribution in [-0.2, 0) is 17.2 Å². The quantitative estimate of drug-likeness (QED) is 0.463. The van der Waals surface area contributed by atoms with E-state index in [4.69, 9.17) is 0 Å². The minimum atomic E-state index is -5.77. The number of hydrogen-bond acceptors (Lipinski definition) is 5.